The topological polar surface area (TPSA) is 15.3 Å². The van der Waals surface area contributed by atoms with Crippen molar-refractivity contribution in [2.45, 2.75) is 19.4 Å². The van der Waals surface area contributed by atoms with Crippen molar-refractivity contribution in [2.24, 2.45) is 0 Å². The van der Waals surface area contributed by atoms with E-state index in [0.717, 1.165) is 13.1 Å². The third-order valence-electron chi connectivity index (χ3n) is 1.97. The van der Waals surface area contributed by atoms with E-state index < -0.39 is 0 Å². The van der Waals surface area contributed by atoms with Crippen LogP contribution in [-0.2, 0) is 0 Å². The van der Waals surface area contributed by atoms with E-state index in [9.17, 15) is 0 Å². The van der Waals surface area contributed by atoms with Crippen LogP contribution in [0.1, 0.15) is 13.3 Å². The Labute approximate surface area is 62.9 Å². The van der Waals surface area contributed by atoms with E-state index in [2.05, 4.69) is 23.7 Å². The molecule has 0 unspecified atom stereocenters. The largest absolute Gasteiger partial charge is 0.376 e. The van der Waals surface area contributed by atoms with Gasteiger partial charge in [-0.3, -0.25) is 0 Å². The Morgan fingerprint density at radius 3 is 3.10 bits per heavy atom. The fraction of sp³-hybridized carbons (Fsp3) is 0.750. The van der Waals surface area contributed by atoms with Crippen LogP contribution in [-0.4, -0.2) is 30.6 Å². The van der Waals surface area contributed by atoms with Crippen LogP contribution in [0.5, 0.6) is 0 Å². The zero-order valence-electron chi connectivity index (χ0n) is 6.64. The Kier molecular flexibility index (Phi) is 2.75. The van der Waals surface area contributed by atoms with Crippen LogP contribution in [0.15, 0.2) is 12.8 Å². The SMILES string of the molecule is C=CN1CC[C@H](NCC)C1. The summed E-state index contributed by atoms with van der Waals surface area (Å²) in [7, 11) is 0. The molecule has 0 bridgehead atoms. The molecule has 1 atom stereocenters. The van der Waals surface area contributed by atoms with Crippen LogP contribution in [0.4, 0.5) is 0 Å². The molecule has 58 valence electrons. The summed E-state index contributed by atoms with van der Waals surface area (Å²) >= 11 is 0. The molecule has 1 fully saturated rings. The fourth-order valence-electron chi connectivity index (χ4n) is 1.41. The van der Waals surface area contributed by atoms with Gasteiger partial charge in [0.05, 0.1) is 0 Å². The van der Waals surface area contributed by atoms with Crippen molar-refractivity contribution in [2.75, 3.05) is 19.6 Å². The van der Waals surface area contributed by atoms with Gasteiger partial charge in [0.15, 0.2) is 0 Å². The monoisotopic (exact) mass is 140 g/mol. The first-order chi connectivity index (χ1) is 4.86. The average molecular weight is 140 g/mol. The van der Waals surface area contributed by atoms with E-state index in [1.165, 1.54) is 13.0 Å². The minimum Gasteiger partial charge on any atom is -0.376 e. The standard InChI is InChI=1S/C8H16N2/c1-3-9-8-5-6-10(4-2)7-8/h4,8-9H,2-3,5-7H2,1H3/t8-/m0/s1. The lowest BCUT2D eigenvalue weighted by molar-refractivity contribution is 0.444. The Bertz CT molecular complexity index is 112. The normalized spacial score (nSPS) is 25.3. The number of likely N-dealkylation sites (N-methyl/N-ethyl adjacent to an activating group) is 1. The van der Waals surface area contributed by atoms with Crippen LogP contribution in [0.2, 0.25) is 0 Å². The number of nitrogens with one attached hydrogen (secondary N) is 1. The molecule has 10 heavy (non-hydrogen) atoms. The van der Waals surface area contributed by atoms with Gasteiger partial charge < -0.3 is 10.2 Å². The van der Waals surface area contributed by atoms with Gasteiger partial charge in [0.25, 0.3) is 0 Å². The van der Waals surface area contributed by atoms with Gasteiger partial charge in [0, 0.05) is 19.1 Å². The maximum absolute atomic E-state index is 3.74. The summed E-state index contributed by atoms with van der Waals surface area (Å²) in [4.78, 5) is 2.26. The first-order valence-corrected chi connectivity index (χ1v) is 3.96. The molecule has 2 nitrogen and oxygen atoms in total. The summed E-state index contributed by atoms with van der Waals surface area (Å²) in [5.74, 6) is 0. The van der Waals surface area contributed by atoms with Crippen LogP contribution < -0.4 is 5.32 Å². The fourth-order valence-corrected chi connectivity index (χ4v) is 1.41. The lowest BCUT2D eigenvalue weighted by Crippen LogP contribution is -2.30. The highest BCUT2D eigenvalue weighted by molar-refractivity contribution is 4.85. The van der Waals surface area contributed by atoms with Gasteiger partial charge in [0.2, 0.25) is 0 Å². The van der Waals surface area contributed by atoms with Gasteiger partial charge in [-0.15, -0.1) is 0 Å². The lowest BCUT2D eigenvalue weighted by atomic mass is 10.3. The lowest BCUT2D eigenvalue weighted by Gasteiger charge is -2.12. The van der Waals surface area contributed by atoms with E-state index in [1.807, 2.05) is 6.20 Å². The second kappa shape index (κ2) is 3.62. The highest BCUT2D eigenvalue weighted by Crippen LogP contribution is 2.07. The van der Waals surface area contributed by atoms with Gasteiger partial charge in [0.1, 0.15) is 0 Å². The van der Waals surface area contributed by atoms with Crippen molar-refractivity contribution < 1.29 is 0 Å². The van der Waals surface area contributed by atoms with Crippen molar-refractivity contribution in [3.8, 4) is 0 Å². The van der Waals surface area contributed by atoms with Crippen molar-refractivity contribution in [1.82, 2.24) is 10.2 Å². The van der Waals surface area contributed by atoms with Crippen molar-refractivity contribution >= 4 is 0 Å². The van der Waals surface area contributed by atoms with Crippen LogP contribution >= 0.6 is 0 Å². The van der Waals surface area contributed by atoms with Crippen molar-refractivity contribution in [3.63, 3.8) is 0 Å². The van der Waals surface area contributed by atoms with Gasteiger partial charge >= 0.3 is 0 Å². The van der Waals surface area contributed by atoms with E-state index in [0.29, 0.717) is 6.04 Å². The molecule has 1 aliphatic rings. The minimum absolute atomic E-state index is 0.697. The molecule has 0 aromatic heterocycles. The van der Waals surface area contributed by atoms with Gasteiger partial charge in [-0.05, 0) is 19.2 Å². The molecule has 0 aromatic carbocycles. The molecule has 1 aliphatic heterocycles. The molecule has 1 heterocycles. The minimum atomic E-state index is 0.697. The van der Waals surface area contributed by atoms with Gasteiger partial charge in [-0.2, -0.15) is 0 Å². The zero-order chi connectivity index (χ0) is 7.40. The Balaban J connectivity index is 2.21. The predicted molar refractivity (Wildman–Crippen MR) is 43.9 cm³/mol. The number of hydrogen-bond acceptors (Lipinski definition) is 2. The molecule has 0 amide bonds. The third-order valence-corrected chi connectivity index (χ3v) is 1.97. The molecule has 1 rings (SSSR count). The molecule has 0 spiro atoms. The molecular weight excluding hydrogens is 124 g/mol. The number of nitrogens with zero attached hydrogens (tertiary/aromatic N) is 1. The molecule has 0 aromatic rings. The maximum atomic E-state index is 3.74. The highest BCUT2D eigenvalue weighted by Gasteiger charge is 2.17. The first kappa shape index (κ1) is 7.61. The highest BCUT2D eigenvalue weighted by atomic mass is 15.2. The Hall–Kier alpha value is -0.500. The first-order valence-electron chi connectivity index (χ1n) is 3.96. The summed E-state index contributed by atoms with van der Waals surface area (Å²) < 4.78 is 0. The summed E-state index contributed by atoms with van der Waals surface area (Å²) in [6.07, 6.45) is 3.19. The molecule has 1 N–H and O–H groups in total. The third kappa shape index (κ3) is 1.74. The van der Waals surface area contributed by atoms with Crippen molar-refractivity contribution in [3.05, 3.63) is 12.8 Å². The van der Waals surface area contributed by atoms with E-state index >= 15 is 0 Å². The second-order valence-electron chi connectivity index (χ2n) is 2.72. The molecule has 0 saturated carbocycles. The number of likely N-dealkylation sites (tertiary alicyclic amines) is 1. The summed E-state index contributed by atoms with van der Waals surface area (Å²) in [5.41, 5.74) is 0. The van der Waals surface area contributed by atoms with Crippen molar-refractivity contribution in [1.29, 1.82) is 0 Å². The van der Waals surface area contributed by atoms with Gasteiger partial charge in [-0.1, -0.05) is 13.5 Å². The zero-order valence-corrected chi connectivity index (χ0v) is 6.64. The molecule has 0 radical (unpaired) electrons. The smallest absolute Gasteiger partial charge is 0.0327 e. The molecule has 2 heteroatoms. The average Bonchev–Trinajstić information content (AvgIpc) is 2.37. The van der Waals surface area contributed by atoms with E-state index in [-0.39, 0.29) is 0 Å². The summed E-state index contributed by atoms with van der Waals surface area (Å²) in [5, 5.41) is 3.42. The maximum Gasteiger partial charge on any atom is 0.0327 e. The number of hydrogen-bond donors (Lipinski definition) is 1. The van der Waals surface area contributed by atoms with Crippen LogP contribution in [0.25, 0.3) is 0 Å². The predicted octanol–water partition coefficient (Wildman–Crippen LogP) is 0.814. The second-order valence-corrected chi connectivity index (χ2v) is 2.72. The summed E-state index contributed by atoms with van der Waals surface area (Å²) in [6.45, 7) is 9.27. The van der Waals surface area contributed by atoms with Gasteiger partial charge in [-0.25, -0.2) is 0 Å². The Morgan fingerprint density at radius 2 is 2.60 bits per heavy atom. The number of rotatable bonds is 3. The van der Waals surface area contributed by atoms with E-state index in [4.69, 9.17) is 0 Å². The summed E-state index contributed by atoms with van der Waals surface area (Å²) in [6, 6.07) is 0.697. The molecule has 0 aliphatic carbocycles. The quantitative estimate of drug-likeness (QED) is 0.624. The molecular formula is C8H16N2. The van der Waals surface area contributed by atoms with Crippen LogP contribution in [0.3, 0.4) is 0 Å². The van der Waals surface area contributed by atoms with E-state index in [1.54, 1.807) is 0 Å². The van der Waals surface area contributed by atoms with Crippen LogP contribution in [0, 0.1) is 0 Å². The molecule has 1 saturated heterocycles. The Morgan fingerprint density at radius 1 is 1.80 bits per heavy atom.